The minimum absolute atomic E-state index is 0.0561. The van der Waals surface area contributed by atoms with Gasteiger partial charge in [0.15, 0.2) is 0 Å². The number of hydrogen-bond acceptors (Lipinski definition) is 4. The van der Waals surface area contributed by atoms with Crippen LogP contribution in [0.4, 0.5) is 0 Å². The molecule has 0 spiro atoms. The van der Waals surface area contributed by atoms with Gasteiger partial charge in [0.05, 0.1) is 6.54 Å². The normalized spacial score (nSPS) is 16.1. The van der Waals surface area contributed by atoms with Crippen molar-refractivity contribution >= 4 is 23.2 Å². The summed E-state index contributed by atoms with van der Waals surface area (Å²) in [6.45, 7) is 0.531. The lowest BCUT2D eigenvalue weighted by molar-refractivity contribution is 0.318. The Hall–Kier alpha value is -1.88. The van der Waals surface area contributed by atoms with Gasteiger partial charge >= 0.3 is 0 Å². The van der Waals surface area contributed by atoms with Crippen LogP contribution in [0.3, 0.4) is 0 Å². The molecule has 26 heavy (non-hydrogen) atoms. The van der Waals surface area contributed by atoms with Crippen LogP contribution in [0.15, 0.2) is 52.9 Å². The first kappa shape index (κ1) is 17.5. The maximum atomic E-state index is 6.05. The summed E-state index contributed by atoms with van der Waals surface area (Å²) >= 11 is 12.0. The molecule has 0 saturated heterocycles. The summed E-state index contributed by atoms with van der Waals surface area (Å²) in [5, 5.41) is 13.4. The quantitative estimate of drug-likeness (QED) is 0.618. The zero-order valence-corrected chi connectivity index (χ0v) is 15.7. The average Bonchev–Trinajstić information content (AvgIpc) is 3.31. The van der Waals surface area contributed by atoms with E-state index in [1.165, 1.54) is 18.4 Å². The summed E-state index contributed by atoms with van der Waals surface area (Å²) in [5.41, 5.74) is 2.07. The van der Waals surface area contributed by atoms with Gasteiger partial charge in [-0.1, -0.05) is 48.2 Å². The lowest BCUT2D eigenvalue weighted by Crippen LogP contribution is -2.39. The smallest absolute Gasteiger partial charge is 0.247 e. The fraction of sp³-hybridized carbons (Fsp3) is 0.300. The van der Waals surface area contributed by atoms with Crippen LogP contribution in [-0.4, -0.2) is 10.2 Å². The molecule has 1 saturated carbocycles. The van der Waals surface area contributed by atoms with E-state index in [9.17, 15) is 0 Å². The molecular weight excluding hydrogens is 369 g/mol. The monoisotopic (exact) mass is 387 g/mol. The first-order chi connectivity index (χ1) is 12.6. The molecule has 0 unspecified atom stereocenters. The summed E-state index contributed by atoms with van der Waals surface area (Å²) < 4.78 is 5.82. The summed E-state index contributed by atoms with van der Waals surface area (Å²) in [4.78, 5) is 0. The van der Waals surface area contributed by atoms with Crippen LogP contribution < -0.4 is 5.32 Å². The lowest BCUT2D eigenvalue weighted by atomic mass is 9.88. The van der Waals surface area contributed by atoms with Gasteiger partial charge in [0.1, 0.15) is 0 Å². The van der Waals surface area contributed by atoms with Crippen LogP contribution in [0.25, 0.3) is 11.5 Å². The molecule has 134 valence electrons. The Kier molecular flexibility index (Phi) is 4.98. The number of aromatic nitrogens is 2. The van der Waals surface area contributed by atoms with Gasteiger partial charge in [-0.25, -0.2) is 0 Å². The average molecular weight is 388 g/mol. The minimum atomic E-state index is -0.0561. The molecule has 0 bridgehead atoms. The zero-order valence-electron chi connectivity index (χ0n) is 14.2. The van der Waals surface area contributed by atoms with Crippen LogP contribution in [0.1, 0.15) is 37.1 Å². The molecule has 4 nitrogen and oxygen atoms in total. The highest BCUT2D eigenvalue weighted by Crippen LogP contribution is 2.39. The van der Waals surface area contributed by atoms with E-state index in [2.05, 4.69) is 27.6 Å². The number of nitrogens with zero attached hydrogens (tertiary/aromatic N) is 2. The lowest BCUT2D eigenvalue weighted by Gasteiger charge is -2.30. The molecule has 3 aromatic rings. The Balaban J connectivity index is 1.50. The van der Waals surface area contributed by atoms with E-state index in [0.29, 0.717) is 23.3 Å². The molecule has 1 aliphatic rings. The van der Waals surface area contributed by atoms with Crippen LogP contribution in [0.5, 0.6) is 0 Å². The highest BCUT2D eigenvalue weighted by molar-refractivity contribution is 6.30. The highest BCUT2D eigenvalue weighted by Gasteiger charge is 2.35. The van der Waals surface area contributed by atoms with Crippen LogP contribution >= 0.6 is 23.2 Å². The fourth-order valence-corrected chi connectivity index (χ4v) is 3.85. The molecule has 1 heterocycles. The molecule has 1 aliphatic carbocycles. The minimum Gasteiger partial charge on any atom is -0.419 e. The van der Waals surface area contributed by atoms with Crippen molar-refractivity contribution in [3.63, 3.8) is 0 Å². The van der Waals surface area contributed by atoms with E-state index < -0.39 is 0 Å². The third-order valence-corrected chi connectivity index (χ3v) is 5.49. The van der Waals surface area contributed by atoms with E-state index in [1.54, 1.807) is 0 Å². The van der Waals surface area contributed by atoms with Crippen molar-refractivity contribution in [2.45, 2.75) is 37.8 Å². The van der Waals surface area contributed by atoms with Crippen molar-refractivity contribution in [3.8, 4) is 11.5 Å². The van der Waals surface area contributed by atoms with E-state index in [0.717, 1.165) is 23.4 Å². The molecule has 6 heteroatoms. The molecule has 1 N–H and O–H groups in total. The van der Waals surface area contributed by atoms with E-state index >= 15 is 0 Å². The molecule has 1 fully saturated rings. The maximum Gasteiger partial charge on any atom is 0.247 e. The first-order valence-electron chi connectivity index (χ1n) is 8.74. The topological polar surface area (TPSA) is 51.0 Å². The summed E-state index contributed by atoms with van der Waals surface area (Å²) in [7, 11) is 0. The number of nitrogens with one attached hydrogen (secondary N) is 1. The Morgan fingerprint density at radius 1 is 0.885 bits per heavy atom. The Bertz CT molecular complexity index is 869. The molecule has 0 amide bonds. The van der Waals surface area contributed by atoms with Gasteiger partial charge in [-0.05, 0) is 54.8 Å². The summed E-state index contributed by atoms with van der Waals surface area (Å²) in [5.74, 6) is 1.08. The van der Waals surface area contributed by atoms with Gasteiger partial charge < -0.3 is 4.42 Å². The largest absolute Gasteiger partial charge is 0.419 e. The summed E-state index contributed by atoms with van der Waals surface area (Å²) in [6, 6.07) is 15.5. The molecule has 0 aliphatic heterocycles. The second kappa shape index (κ2) is 7.39. The molecule has 0 atom stereocenters. The van der Waals surface area contributed by atoms with Crippen LogP contribution in [0.2, 0.25) is 10.0 Å². The third-order valence-electron chi connectivity index (χ3n) is 4.99. The third kappa shape index (κ3) is 3.63. The second-order valence-electron chi connectivity index (χ2n) is 6.66. The van der Waals surface area contributed by atoms with E-state index in [1.807, 2.05) is 36.4 Å². The zero-order chi connectivity index (χ0) is 18.0. The maximum absolute atomic E-state index is 6.05. The van der Waals surface area contributed by atoms with Crippen LogP contribution in [0, 0.1) is 0 Å². The molecule has 2 aromatic carbocycles. The van der Waals surface area contributed by atoms with Gasteiger partial charge in [-0.15, -0.1) is 10.2 Å². The van der Waals surface area contributed by atoms with Crippen molar-refractivity contribution in [1.82, 2.24) is 15.5 Å². The Morgan fingerprint density at radius 3 is 2.15 bits per heavy atom. The number of hydrogen-bond donors (Lipinski definition) is 1. The van der Waals surface area contributed by atoms with Gasteiger partial charge in [0.25, 0.3) is 0 Å². The first-order valence-corrected chi connectivity index (χ1v) is 9.50. The number of rotatable bonds is 5. The van der Waals surface area contributed by atoms with Crippen molar-refractivity contribution in [1.29, 1.82) is 0 Å². The van der Waals surface area contributed by atoms with Gasteiger partial charge in [-0.3, -0.25) is 5.32 Å². The summed E-state index contributed by atoms with van der Waals surface area (Å²) in [6.07, 6.45) is 4.59. The van der Waals surface area contributed by atoms with E-state index in [-0.39, 0.29) is 5.54 Å². The number of benzene rings is 2. The Morgan fingerprint density at radius 2 is 1.50 bits per heavy atom. The van der Waals surface area contributed by atoms with Crippen LogP contribution in [-0.2, 0) is 12.1 Å². The van der Waals surface area contributed by atoms with Gasteiger partial charge in [0.2, 0.25) is 11.8 Å². The van der Waals surface area contributed by atoms with Crippen molar-refractivity contribution in [3.05, 3.63) is 70.0 Å². The Labute approximate surface area is 162 Å². The van der Waals surface area contributed by atoms with Crippen molar-refractivity contribution < 1.29 is 4.42 Å². The highest BCUT2D eigenvalue weighted by atomic mass is 35.5. The van der Waals surface area contributed by atoms with Gasteiger partial charge in [-0.2, -0.15) is 0 Å². The number of halogens is 2. The second-order valence-corrected chi connectivity index (χ2v) is 7.53. The van der Waals surface area contributed by atoms with E-state index in [4.69, 9.17) is 27.6 Å². The fourth-order valence-electron chi connectivity index (χ4n) is 3.59. The van der Waals surface area contributed by atoms with Gasteiger partial charge in [0, 0.05) is 21.1 Å². The standard InChI is InChI=1S/C20H19Cl2N3O/c21-16-7-3-14(4-8-16)19-25-24-18(26-19)13-23-20(11-1-2-12-20)15-5-9-17(22)10-6-15/h3-10,23H,1-2,11-13H2. The van der Waals surface area contributed by atoms with Crippen molar-refractivity contribution in [2.24, 2.45) is 0 Å². The molecular formula is C20H19Cl2N3O. The predicted molar refractivity (Wildman–Crippen MR) is 103 cm³/mol. The molecule has 1 aromatic heterocycles. The molecule has 4 rings (SSSR count). The van der Waals surface area contributed by atoms with Crippen molar-refractivity contribution in [2.75, 3.05) is 0 Å². The predicted octanol–water partition coefficient (Wildman–Crippen LogP) is 5.60. The molecule has 0 radical (unpaired) electrons. The SMILES string of the molecule is Clc1ccc(-c2nnc(CNC3(c4ccc(Cl)cc4)CCCC3)o2)cc1.